The van der Waals surface area contributed by atoms with E-state index in [1.807, 2.05) is 0 Å². The van der Waals surface area contributed by atoms with Gasteiger partial charge in [0.25, 0.3) is 0 Å². The predicted molar refractivity (Wildman–Crippen MR) is 89.9 cm³/mol. The van der Waals surface area contributed by atoms with Crippen LogP contribution in [0.3, 0.4) is 0 Å². The van der Waals surface area contributed by atoms with Gasteiger partial charge in [-0.1, -0.05) is 74.2 Å². The maximum absolute atomic E-state index is 11.6. The summed E-state index contributed by atoms with van der Waals surface area (Å²) in [5.41, 5.74) is 0. The lowest BCUT2D eigenvalue weighted by molar-refractivity contribution is -0.144. The summed E-state index contributed by atoms with van der Waals surface area (Å²) < 4.78 is 10.6. The second-order valence-corrected chi connectivity index (χ2v) is 6.74. The van der Waals surface area contributed by atoms with Gasteiger partial charge in [-0.3, -0.25) is 4.79 Å². The molecule has 0 aromatic carbocycles. The number of hydrogen-bond donors (Lipinski definition) is 0. The van der Waals surface area contributed by atoms with Gasteiger partial charge in [0.15, 0.2) is 0 Å². The number of epoxide rings is 1. The van der Waals surface area contributed by atoms with E-state index in [0.29, 0.717) is 13.0 Å². The summed E-state index contributed by atoms with van der Waals surface area (Å²) in [6.07, 6.45) is 13.3. The molecular formula is C17H31BrO3. The molecule has 0 radical (unpaired) electrons. The molecule has 1 aliphatic rings. The lowest BCUT2D eigenvalue weighted by Crippen LogP contribution is -2.10. The highest BCUT2D eigenvalue weighted by molar-refractivity contribution is 9.09. The molecule has 2 unspecified atom stereocenters. The number of ether oxygens (including phenoxy) is 2. The number of esters is 1. The molecule has 0 aromatic heterocycles. The third-order valence-corrected chi connectivity index (χ3v) is 4.42. The van der Waals surface area contributed by atoms with Crippen LogP contribution in [0.15, 0.2) is 0 Å². The van der Waals surface area contributed by atoms with E-state index in [-0.39, 0.29) is 18.2 Å². The molecule has 4 heteroatoms. The molecule has 1 aliphatic heterocycles. The number of halogens is 1. The zero-order valence-electron chi connectivity index (χ0n) is 13.4. The molecule has 0 bridgehead atoms. The smallest absolute Gasteiger partial charge is 0.308 e. The predicted octanol–water partition coefficient (Wildman–Crippen LogP) is 5.00. The average Bonchev–Trinajstić information content (AvgIpc) is 3.19. The monoisotopic (exact) mass is 362 g/mol. The van der Waals surface area contributed by atoms with Gasteiger partial charge >= 0.3 is 5.97 Å². The van der Waals surface area contributed by atoms with Gasteiger partial charge in [-0.2, -0.15) is 0 Å². The molecule has 0 N–H and O–H groups in total. The summed E-state index contributed by atoms with van der Waals surface area (Å²) in [6, 6.07) is 0. The van der Waals surface area contributed by atoms with Crippen LogP contribution >= 0.6 is 15.9 Å². The minimum absolute atomic E-state index is 0.100. The van der Waals surface area contributed by atoms with Crippen LogP contribution < -0.4 is 0 Å². The third-order valence-electron chi connectivity index (χ3n) is 3.96. The van der Waals surface area contributed by atoms with Crippen molar-refractivity contribution in [3.63, 3.8) is 0 Å². The molecule has 21 heavy (non-hydrogen) atoms. The minimum Gasteiger partial charge on any atom is -0.466 e. The standard InChI is InChI=1S/C17H31BrO3/c1-2-3-4-5-6-7-8-9-10-13-20-17(19)14-16-15(21-16)11-12-18/h15-16H,2-14H2,1H3. The topological polar surface area (TPSA) is 38.8 Å². The van der Waals surface area contributed by atoms with Crippen molar-refractivity contribution in [2.24, 2.45) is 0 Å². The number of hydrogen-bond acceptors (Lipinski definition) is 3. The Kier molecular flexibility index (Phi) is 11.2. The molecule has 0 amide bonds. The fraction of sp³-hybridized carbons (Fsp3) is 0.941. The average molecular weight is 363 g/mol. The summed E-state index contributed by atoms with van der Waals surface area (Å²) in [6.45, 7) is 2.82. The third kappa shape index (κ3) is 10.3. The van der Waals surface area contributed by atoms with Crippen molar-refractivity contribution in [1.82, 2.24) is 0 Å². The van der Waals surface area contributed by atoms with E-state index in [4.69, 9.17) is 9.47 Å². The first kappa shape index (κ1) is 19.0. The molecule has 1 fully saturated rings. The van der Waals surface area contributed by atoms with Gasteiger partial charge < -0.3 is 9.47 Å². The van der Waals surface area contributed by atoms with Crippen LogP contribution in [0.1, 0.15) is 77.6 Å². The first-order valence-electron chi connectivity index (χ1n) is 8.65. The fourth-order valence-corrected chi connectivity index (χ4v) is 2.99. The Morgan fingerprint density at radius 3 is 2.24 bits per heavy atom. The van der Waals surface area contributed by atoms with Gasteiger partial charge in [0, 0.05) is 5.33 Å². The molecule has 0 saturated carbocycles. The second-order valence-electron chi connectivity index (χ2n) is 5.94. The maximum Gasteiger partial charge on any atom is 0.308 e. The van der Waals surface area contributed by atoms with Gasteiger partial charge in [-0.05, 0) is 12.8 Å². The van der Waals surface area contributed by atoms with E-state index in [9.17, 15) is 4.79 Å². The molecule has 0 aliphatic carbocycles. The van der Waals surface area contributed by atoms with Crippen LogP contribution in [0.2, 0.25) is 0 Å². The summed E-state index contributed by atoms with van der Waals surface area (Å²) in [7, 11) is 0. The van der Waals surface area contributed by atoms with Crippen LogP contribution in [0, 0.1) is 0 Å². The Morgan fingerprint density at radius 2 is 1.62 bits per heavy atom. The van der Waals surface area contributed by atoms with E-state index in [0.717, 1.165) is 18.2 Å². The zero-order valence-corrected chi connectivity index (χ0v) is 15.0. The molecule has 0 aromatic rings. The van der Waals surface area contributed by atoms with E-state index >= 15 is 0 Å². The van der Waals surface area contributed by atoms with Crippen LogP contribution in [-0.2, 0) is 14.3 Å². The highest BCUT2D eigenvalue weighted by Crippen LogP contribution is 2.29. The van der Waals surface area contributed by atoms with Gasteiger partial charge in [0.2, 0.25) is 0 Å². The Labute approximate surface area is 138 Å². The highest BCUT2D eigenvalue weighted by Gasteiger charge is 2.39. The van der Waals surface area contributed by atoms with Crippen LogP contribution in [-0.4, -0.2) is 30.1 Å². The van der Waals surface area contributed by atoms with Gasteiger partial charge in [0.1, 0.15) is 0 Å². The largest absolute Gasteiger partial charge is 0.466 e. The summed E-state index contributed by atoms with van der Waals surface area (Å²) in [5, 5.41) is 0.932. The van der Waals surface area contributed by atoms with Crippen molar-refractivity contribution >= 4 is 21.9 Å². The van der Waals surface area contributed by atoms with Crippen molar-refractivity contribution in [3.05, 3.63) is 0 Å². The molecule has 2 atom stereocenters. The van der Waals surface area contributed by atoms with Crippen molar-refractivity contribution in [1.29, 1.82) is 0 Å². The van der Waals surface area contributed by atoms with Gasteiger partial charge in [0.05, 0.1) is 25.2 Å². The minimum atomic E-state index is -0.100. The fourth-order valence-electron chi connectivity index (χ4n) is 2.54. The number of carbonyl (C=O) groups excluding carboxylic acids is 1. The normalized spacial score (nSPS) is 20.5. The molecule has 0 spiro atoms. The second kappa shape index (κ2) is 12.5. The molecule has 124 valence electrons. The maximum atomic E-state index is 11.6. The van der Waals surface area contributed by atoms with Gasteiger partial charge in [-0.15, -0.1) is 0 Å². The van der Waals surface area contributed by atoms with Crippen molar-refractivity contribution < 1.29 is 14.3 Å². The highest BCUT2D eigenvalue weighted by atomic mass is 79.9. The molecule has 1 rings (SSSR count). The molecule has 1 saturated heterocycles. The lowest BCUT2D eigenvalue weighted by Gasteiger charge is -2.04. The number of rotatable bonds is 14. The number of carbonyl (C=O) groups is 1. The Hall–Kier alpha value is -0.0900. The lowest BCUT2D eigenvalue weighted by atomic mass is 10.1. The van der Waals surface area contributed by atoms with E-state index in [2.05, 4.69) is 22.9 Å². The summed E-state index contributed by atoms with van der Waals surface area (Å²) >= 11 is 3.38. The SMILES string of the molecule is CCCCCCCCCCCOC(=O)CC1OC1CCBr. The number of alkyl halides is 1. The van der Waals surface area contributed by atoms with Crippen molar-refractivity contribution in [3.8, 4) is 0 Å². The van der Waals surface area contributed by atoms with E-state index in [1.54, 1.807) is 0 Å². The van der Waals surface area contributed by atoms with Crippen molar-refractivity contribution in [2.75, 3.05) is 11.9 Å². The van der Waals surface area contributed by atoms with Gasteiger partial charge in [-0.25, -0.2) is 0 Å². The van der Waals surface area contributed by atoms with Crippen LogP contribution in [0.25, 0.3) is 0 Å². The molecule has 1 heterocycles. The molecular weight excluding hydrogens is 332 g/mol. The molecule has 3 nitrogen and oxygen atoms in total. The Balaban J connectivity index is 1.79. The first-order chi connectivity index (χ1) is 10.3. The van der Waals surface area contributed by atoms with E-state index in [1.165, 1.54) is 51.4 Å². The van der Waals surface area contributed by atoms with Crippen LogP contribution in [0.4, 0.5) is 0 Å². The first-order valence-corrected chi connectivity index (χ1v) is 9.77. The Bertz CT molecular complexity index is 271. The van der Waals surface area contributed by atoms with Crippen LogP contribution in [0.5, 0.6) is 0 Å². The summed E-state index contributed by atoms with van der Waals surface area (Å²) in [5.74, 6) is -0.100. The number of unbranched alkanes of at least 4 members (excludes halogenated alkanes) is 8. The van der Waals surface area contributed by atoms with E-state index < -0.39 is 0 Å². The zero-order chi connectivity index (χ0) is 15.3. The summed E-state index contributed by atoms with van der Waals surface area (Å²) in [4.78, 5) is 11.6. The van der Waals surface area contributed by atoms with Crippen molar-refractivity contribution in [2.45, 2.75) is 89.8 Å². The quantitative estimate of drug-likeness (QED) is 0.189. The Morgan fingerprint density at radius 1 is 1.00 bits per heavy atom.